The summed E-state index contributed by atoms with van der Waals surface area (Å²) in [5, 5.41) is 7.53. The Bertz CT molecular complexity index is 535. The van der Waals surface area contributed by atoms with Gasteiger partial charge in [0.1, 0.15) is 25.0 Å². The van der Waals surface area contributed by atoms with Crippen molar-refractivity contribution in [2.24, 2.45) is 5.10 Å². The van der Waals surface area contributed by atoms with E-state index >= 15 is 0 Å². The number of carbonyl (C=O) groups excluding carboxylic acids is 1. The Morgan fingerprint density at radius 3 is 2.89 bits per heavy atom. The van der Waals surface area contributed by atoms with Gasteiger partial charge in [-0.15, -0.1) is 0 Å². The minimum Gasteiger partial charge on any atom is -0.271 e. The highest BCUT2D eigenvalue weighted by molar-refractivity contribution is 5.82. The number of aromatic nitrogens is 3. The summed E-state index contributed by atoms with van der Waals surface area (Å²) in [6.07, 6.45) is 4.21. The van der Waals surface area contributed by atoms with Crippen LogP contribution in [-0.4, -0.2) is 26.9 Å². The molecule has 0 saturated heterocycles. The molecule has 92 valence electrons. The number of hydrogen-bond donors (Lipinski definition) is 1. The summed E-state index contributed by atoms with van der Waals surface area (Å²) in [4.78, 5) is 15.1. The Morgan fingerprint density at radius 1 is 1.44 bits per heavy atom. The molecular weight excluding hydrogens is 237 g/mol. The van der Waals surface area contributed by atoms with Crippen LogP contribution < -0.4 is 5.43 Å². The quantitative estimate of drug-likeness (QED) is 0.634. The summed E-state index contributed by atoms with van der Waals surface area (Å²) in [5.74, 6) is -0.638. The predicted molar refractivity (Wildman–Crippen MR) is 62.2 cm³/mol. The summed E-state index contributed by atoms with van der Waals surface area (Å²) in [7, 11) is 0. The van der Waals surface area contributed by atoms with Crippen molar-refractivity contribution in [1.82, 2.24) is 20.2 Å². The van der Waals surface area contributed by atoms with Gasteiger partial charge < -0.3 is 0 Å². The third-order valence-electron chi connectivity index (χ3n) is 2.05. The number of halogens is 1. The van der Waals surface area contributed by atoms with Crippen LogP contribution in [0, 0.1) is 5.82 Å². The van der Waals surface area contributed by atoms with Crippen molar-refractivity contribution in [3.05, 3.63) is 48.3 Å². The standard InChI is InChI=1S/C11H10FN5O/c12-10-3-1-9(2-4-10)5-14-16-11(18)6-17-8-13-7-15-17/h1-5,7-8H,6H2,(H,16,18). The number of carbonyl (C=O) groups is 1. The summed E-state index contributed by atoms with van der Waals surface area (Å²) >= 11 is 0. The Morgan fingerprint density at radius 2 is 2.22 bits per heavy atom. The highest BCUT2D eigenvalue weighted by atomic mass is 19.1. The first-order chi connectivity index (χ1) is 8.74. The Hall–Kier alpha value is -2.57. The van der Waals surface area contributed by atoms with Crippen LogP contribution in [0.25, 0.3) is 0 Å². The van der Waals surface area contributed by atoms with Crippen LogP contribution in [0.5, 0.6) is 0 Å². The highest BCUT2D eigenvalue weighted by Gasteiger charge is 2.00. The van der Waals surface area contributed by atoms with Crippen LogP contribution >= 0.6 is 0 Å². The van der Waals surface area contributed by atoms with Gasteiger partial charge in [0.25, 0.3) is 5.91 Å². The molecule has 6 nitrogen and oxygen atoms in total. The first-order valence-electron chi connectivity index (χ1n) is 5.14. The third-order valence-corrected chi connectivity index (χ3v) is 2.05. The fourth-order valence-electron chi connectivity index (χ4n) is 1.22. The van der Waals surface area contributed by atoms with E-state index in [0.717, 1.165) is 0 Å². The maximum Gasteiger partial charge on any atom is 0.261 e. The Labute approximate surface area is 102 Å². The molecular formula is C11H10FN5O. The van der Waals surface area contributed by atoms with Crippen LogP contribution in [-0.2, 0) is 11.3 Å². The average Bonchev–Trinajstić information content (AvgIpc) is 2.84. The van der Waals surface area contributed by atoms with Crippen LogP contribution in [0.15, 0.2) is 42.0 Å². The molecule has 1 heterocycles. The fraction of sp³-hybridized carbons (Fsp3) is 0.0909. The summed E-state index contributed by atoms with van der Waals surface area (Å²) < 4.78 is 14.0. The van der Waals surface area contributed by atoms with Gasteiger partial charge in [0.2, 0.25) is 0 Å². The third kappa shape index (κ3) is 3.48. The zero-order chi connectivity index (χ0) is 12.8. The second-order valence-corrected chi connectivity index (χ2v) is 3.44. The second-order valence-electron chi connectivity index (χ2n) is 3.44. The number of nitrogens with one attached hydrogen (secondary N) is 1. The molecule has 2 rings (SSSR count). The summed E-state index contributed by atoms with van der Waals surface area (Å²) in [6.45, 7) is 0.0424. The minimum atomic E-state index is -0.320. The van der Waals surface area contributed by atoms with Crippen LogP contribution in [0.4, 0.5) is 4.39 Å². The van der Waals surface area contributed by atoms with E-state index in [1.165, 1.54) is 35.7 Å². The van der Waals surface area contributed by atoms with E-state index in [2.05, 4.69) is 20.6 Å². The van der Waals surface area contributed by atoms with E-state index < -0.39 is 0 Å². The molecule has 0 atom stereocenters. The number of nitrogens with zero attached hydrogens (tertiary/aromatic N) is 4. The van der Waals surface area contributed by atoms with E-state index in [-0.39, 0.29) is 18.3 Å². The summed E-state index contributed by atoms with van der Waals surface area (Å²) in [5.41, 5.74) is 3.02. The van der Waals surface area contributed by atoms with E-state index in [4.69, 9.17) is 0 Å². The lowest BCUT2D eigenvalue weighted by Crippen LogP contribution is -2.23. The van der Waals surface area contributed by atoms with Gasteiger partial charge in [-0.1, -0.05) is 12.1 Å². The predicted octanol–water partition coefficient (Wildman–Crippen LogP) is 0.567. The molecule has 0 spiro atoms. The lowest BCUT2D eigenvalue weighted by Gasteiger charge is -1.98. The van der Waals surface area contributed by atoms with E-state index in [9.17, 15) is 9.18 Å². The largest absolute Gasteiger partial charge is 0.271 e. The number of hydrogen-bond acceptors (Lipinski definition) is 4. The van der Waals surface area contributed by atoms with Crippen LogP contribution in [0.1, 0.15) is 5.56 Å². The van der Waals surface area contributed by atoms with E-state index in [0.29, 0.717) is 5.56 Å². The first kappa shape index (κ1) is 11.9. The lowest BCUT2D eigenvalue weighted by molar-refractivity contribution is -0.121. The van der Waals surface area contributed by atoms with Crippen molar-refractivity contribution in [2.75, 3.05) is 0 Å². The zero-order valence-electron chi connectivity index (χ0n) is 9.32. The number of rotatable bonds is 4. The maximum absolute atomic E-state index is 12.6. The zero-order valence-corrected chi connectivity index (χ0v) is 9.32. The molecule has 1 aromatic heterocycles. The van der Waals surface area contributed by atoms with Gasteiger partial charge in [-0.3, -0.25) is 4.79 Å². The molecule has 0 aliphatic carbocycles. The maximum atomic E-state index is 12.6. The molecule has 2 aromatic rings. The van der Waals surface area contributed by atoms with E-state index in [1.54, 1.807) is 12.1 Å². The number of benzene rings is 1. The van der Waals surface area contributed by atoms with Crippen molar-refractivity contribution in [1.29, 1.82) is 0 Å². The molecule has 1 amide bonds. The molecule has 1 aromatic carbocycles. The normalized spacial score (nSPS) is 10.7. The van der Waals surface area contributed by atoms with Gasteiger partial charge >= 0.3 is 0 Å². The van der Waals surface area contributed by atoms with Gasteiger partial charge in [0.15, 0.2) is 0 Å². The van der Waals surface area contributed by atoms with Crippen molar-refractivity contribution in [3.8, 4) is 0 Å². The van der Waals surface area contributed by atoms with Gasteiger partial charge in [0, 0.05) is 0 Å². The molecule has 0 bridgehead atoms. The SMILES string of the molecule is O=C(Cn1cncn1)NN=Cc1ccc(F)cc1. The minimum absolute atomic E-state index is 0.0424. The van der Waals surface area contributed by atoms with Crippen LogP contribution in [0.3, 0.4) is 0 Å². The molecule has 7 heteroatoms. The smallest absolute Gasteiger partial charge is 0.261 e. The molecule has 0 unspecified atom stereocenters. The molecule has 0 radical (unpaired) electrons. The van der Waals surface area contributed by atoms with Crippen LogP contribution in [0.2, 0.25) is 0 Å². The topological polar surface area (TPSA) is 72.2 Å². The first-order valence-corrected chi connectivity index (χ1v) is 5.14. The molecule has 0 saturated carbocycles. The van der Waals surface area contributed by atoms with Crippen molar-refractivity contribution in [2.45, 2.75) is 6.54 Å². The monoisotopic (exact) mass is 247 g/mol. The molecule has 0 aliphatic rings. The average molecular weight is 247 g/mol. The van der Waals surface area contributed by atoms with Crippen molar-refractivity contribution in [3.63, 3.8) is 0 Å². The van der Waals surface area contributed by atoms with Crippen molar-refractivity contribution >= 4 is 12.1 Å². The molecule has 18 heavy (non-hydrogen) atoms. The van der Waals surface area contributed by atoms with Gasteiger partial charge in [0.05, 0.1) is 6.21 Å². The molecule has 0 aliphatic heterocycles. The van der Waals surface area contributed by atoms with E-state index in [1.807, 2.05) is 0 Å². The second kappa shape index (κ2) is 5.67. The number of hydrazone groups is 1. The highest BCUT2D eigenvalue weighted by Crippen LogP contribution is 1.99. The Balaban J connectivity index is 1.84. The number of amides is 1. The fourth-order valence-corrected chi connectivity index (χ4v) is 1.22. The molecule has 1 N–H and O–H groups in total. The van der Waals surface area contributed by atoms with Crippen molar-refractivity contribution < 1.29 is 9.18 Å². The van der Waals surface area contributed by atoms with Gasteiger partial charge in [-0.05, 0) is 17.7 Å². The van der Waals surface area contributed by atoms with Gasteiger partial charge in [-0.25, -0.2) is 19.5 Å². The molecule has 0 fully saturated rings. The summed E-state index contributed by atoms with van der Waals surface area (Å²) in [6, 6.07) is 5.75. The lowest BCUT2D eigenvalue weighted by atomic mass is 10.2. The van der Waals surface area contributed by atoms with Gasteiger partial charge in [-0.2, -0.15) is 10.2 Å². The Kier molecular flexibility index (Phi) is 3.75.